The van der Waals surface area contributed by atoms with Crippen LogP contribution in [0, 0.1) is 0 Å². The summed E-state index contributed by atoms with van der Waals surface area (Å²) in [5, 5.41) is 0. The summed E-state index contributed by atoms with van der Waals surface area (Å²) in [6.45, 7) is 3.41. The summed E-state index contributed by atoms with van der Waals surface area (Å²) in [5.74, 6) is 6.83. The van der Waals surface area contributed by atoms with Crippen molar-refractivity contribution in [3.05, 3.63) is 24.4 Å². The van der Waals surface area contributed by atoms with Crippen LogP contribution in [-0.4, -0.2) is 26.3 Å². The first-order chi connectivity index (χ1) is 6.38. The van der Waals surface area contributed by atoms with Gasteiger partial charge in [0, 0.05) is 6.07 Å². The smallest absolute Gasteiger partial charge is 0.299 e. The van der Waals surface area contributed by atoms with E-state index in [1.807, 2.05) is 24.4 Å². The monoisotopic (exact) mass is 180 g/mol. The molecule has 1 aromatic heterocycles. The Bertz CT molecular complexity index is 284. The number of pyridine rings is 1. The Morgan fingerprint density at radius 2 is 2.08 bits per heavy atom. The molecule has 1 aliphatic heterocycles. The number of anilines is 1. The van der Waals surface area contributed by atoms with Crippen LogP contribution in [0.25, 0.3) is 0 Å². The number of nitrogen functional groups attached to an aromatic ring is 1. The molecule has 0 aliphatic carbocycles. The van der Waals surface area contributed by atoms with Crippen LogP contribution in [0.5, 0.6) is 0 Å². The normalized spacial score (nSPS) is 17.4. The van der Waals surface area contributed by atoms with Gasteiger partial charge in [-0.05, 0) is 6.07 Å². The van der Waals surface area contributed by atoms with Crippen LogP contribution in [0.4, 0.5) is 5.82 Å². The van der Waals surface area contributed by atoms with Gasteiger partial charge in [0.15, 0.2) is 0 Å². The van der Waals surface area contributed by atoms with Gasteiger partial charge in [0.05, 0.1) is 13.2 Å². The number of nitrogens with two attached hydrogens (primary N) is 1. The van der Waals surface area contributed by atoms with Gasteiger partial charge >= 0.3 is 0 Å². The lowest BCUT2D eigenvalue weighted by Crippen LogP contribution is -2.51. The van der Waals surface area contributed by atoms with Gasteiger partial charge in [-0.3, -0.25) is 10.7 Å². The fraction of sp³-hybridized carbons (Fsp3) is 0.444. The van der Waals surface area contributed by atoms with Gasteiger partial charge in [0.1, 0.15) is 19.3 Å². The summed E-state index contributed by atoms with van der Waals surface area (Å²) in [5.41, 5.74) is 0. The minimum atomic E-state index is 0.787. The highest BCUT2D eigenvalue weighted by atomic mass is 16.5. The lowest BCUT2D eigenvalue weighted by atomic mass is 10.4. The molecule has 1 aromatic rings. The lowest BCUT2D eigenvalue weighted by Gasteiger charge is -2.22. The Balaban J connectivity index is 2.18. The average molecular weight is 180 g/mol. The first-order valence-electron chi connectivity index (χ1n) is 4.46. The fourth-order valence-corrected chi connectivity index (χ4v) is 1.51. The van der Waals surface area contributed by atoms with Crippen LogP contribution in [0.15, 0.2) is 24.4 Å². The van der Waals surface area contributed by atoms with Crippen LogP contribution in [0.2, 0.25) is 0 Å². The van der Waals surface area contributed by atoms with Crippen LogP contribution >= 0.6 is 0 Å². The number of nitrogens with zero attached hydrogens (tertiary/aromatic N) is 2. The van der Waals surface area contributed by atoms with E-state index < -0.39 is 0 Å². The van der Waals surface area contributed by atoms with Crippen molar-refractivity contribution in [3.8, 4) is 0 Å². The van der Waals surface area contributed by atoms with Crippen LogP contribution in [0.1, 0.15) is 0 Å². The predicted molar refractivity (Wildman–Crippen MR) is 49.8 cm³/mol. The van der Waals surface area contributed by atoms with E-state index in [9.17, 15) is 0 Å². The lowest BCUT2D eigenvalue weighted by molar-refractivity contribution is -0.626. The molecule has 2 N–H and O–H groups in total. The van der Waals surface area contributed by atoms with Gasteiger partial charge in [0.25, 0.3) is 5.82 Å². The number of rotatable bonds is 1. The molecule has 0 spiro atoms. The Labute approximate surface area is 77.5 Å². The van der Waals surface area contributed by atoms with Gasteiger partial charge in [-0.15, -0.1) is 4.68 Å². The molecule has 0 bridgehead atoms. The molecule has 0 unspecified atom stereocenters. The minimum absolute atomic E-state index is 0.787. The Morgan fingerprint density at radius 1 is 1.31 bits per heavy atom. The molecule has 0 amide bonds. The summed E-state index contributed by atoms with van der Waals surface area (Å²) < 4.78 is 6.91. The third-order valence-electron chi connectivity index (χ3n) is 2.20. The Kier molecular flexibility index (Phi) is 2.31. The second-order valence-electron chi connectivity index (χ2n) is 3.07. The van der Waals surface area contributed by atoms with Crippen molar-refractivity contribution in [3.63, 3.8) is 0 Å². The van der Waals surface area contributed by atoms with Gasteiger partial charge < -0.3 is 4.74 Å². The molecule has 0 atom stereocenters. The summed E-state index contributed by atoms with van der Waals surface area (Å²) in [6.07, 6.45) is 1.85. The van der Waals surface area contributed by atoms with Crippen molar-refractivity contribution in [2.45, 2.75) is 0 Å². The molecule has 0 radical (unpaired) electrons. The zero-order valence-corrected chi connectivity index (χ0v) is 7.52. The van der Waals surface area contributed by atoms with Crippen molar-refractivity contribution < 1.29 is 9.41 Å². The molecule has 2 rings (SSSR count). The molecule has 0 saturated carbocycles. The van der Waals surface area contributed by atoms with Crippen molar-refractivity contribution in [2.24, 2.45) is 0 Å². The van der Waals surface area contributed by atoms with E-state index in [1.165, 1.54) is 0 Å². The third kappa shape index (κ3) is 1.72. The van der Waals surface area contributed by atoms with Crippen molar-refractivity contribution in [1.29, 1.82) is 0 Å². The second kappa shape index (κ2) is 3.62. The van der Waals surface area contributed by atoms with Crippen molar-refractivity contribution in [2.75, 3.05) is 37.0 Å². The van der Waals surface area contributed by atoms with Crippen molar-refractivity contribution in [1.82, 2.24) is 0 Å². The van der Waals surface area contributed by atoms with E-state index in [0.717, 1.165) is 32.1 Å². The van der Waals surface area contributed by atoms with Gasteiger partial charge in [-0.1, -0.05) is 6.07 Å². The van der Waals surface area contributed by atoms with Gasteiger partial charge in [-0.2, -0.15) is 0 Å². The molecule has 70 valence electrons. The van der Waals surface area contributed by atoms with Crippen LogP contribution < -0.4 is 15.4 Å². The van der Waals surface area contributed by atoms with E-state index in [-0.39, 0.29) is 0 Å². The number of ether oxygens (including phenoxy) is 1. The molecular formula is C9H14N3O+. The molecule has 4 heteroatoms. The van der Waals surface area contributed by atoms with E-state index in [0.29, 0.717) is 0 Å². The van der Waals surface area contributed by atoms with Crippen LogP contribution in [0.3, 0.4) is 0 Å². The minimum Gasteiger partial charge on any atom is -0.373 e. The molecule has 0 aromatic carbocycles. The third-order valence-corrected chi connectivity index (χ3v) is 2.20. The predicted octanol–water partition coefficient (Wildman–Crippen LogP) is -0.476. The number of morpholine rings is 1. The second-order valence-corrected chi connectivity index (χ2v) is 3.07. The largest absolute Gasteiger partial charge is 0.373 e. The van der Waals surface area contributed by atoms with E-state index >= 15 is 0 Å². The molecule has 1 aliphatic rings. The number of aromatic nitrogens is 1. The maximum absolute atomic E-state index is 5.79. The van der Waals surface area contributed by atoms with Gasteiger partial charge in [-0.25, -0.2) is 0 Å². The molecule has 2 heterocycles. The highest BCUT2D eigenvalue weighted by molar-refractivity contribution is 5.32. The average Bonchev–Trinajstić information content (AvgIpc) is 2.20. The summed E-state index contributed by atoms with van der Waals surface area (Å²) >= 11 is 0. The Morgan fingerprint density at radius 3 is 2.77 bits per heavy atom. The SMILES string of the molecule is N[n+]1ccccc1N1CCOCC1. The number of hydrogen-bond acceptors (Lipinski definition) is 3. The van der Waals surface area contributed by atoms with Crippen LogP contribution in [-0.2, 0) is 4.74 Å². The number of hydrogen-bond donors (Lipinski definition) is 1. The maximum atomic E-state index is 5.79. The zero-order chi connectivity index (χ0) is 9.10. The first-order valence-corrected chi connectivity index (χ1v) is 4.46. The van der Waals surface area contributed by atoms with E-state index in [1.54, 1.807) is 4.68 Å². The molecular weight excluding hydrogens is 166 g/mol. The summed E-state index contributed by atoms with van der Waals surface area (Å²) in [4.78, 5) is 2.23. The first kappa shape index (κ1) is 8.31. The molecule has 4 nitrogen and oxygen atoms in total. The van der Waals surface area contributed by atoms with Crippen molar-refractivity contribution >= 4 is 5.82 Å². The fourth-order valence-electron chi connectivity index (χ4n) is 1.51. The highest BCUT2D eigenvalue weighted by Crippen LogP contribution is 2.08. The molecule has 13 heavy (non-hydrogen) atoms. The van der Waals surface area contributed by atoms with E-state index in [4.69, 9.17) is 10.6 Å². The summed E-state index contributed by atoms with van der Waals surface area (Å²) in [7, 11) is 0. The maximum Gasteiger partial charge on any atom is 0.299 e. The molecule has 1 saturated heterocycles. The summed E-state index contributed by atoms with van der Waals surface area (Å²) in [6, 6.07) is 5.93. The quantitative estimate of drug-likeness (QED) is 0.469. The van der Waals surface area contributed by atoms with Gasteiger partial charge in [0.2, 0.25) is 0 Å². The topological polar surface area (TPSA) is 42.4 Å². The highest BCUT2D eigenvalue weighted by Gasteiger charge is 2.20. The van der Waals surface area contributed by atoms with E-state index in [2.05, 4.69) is 4.90 Å². The standard InChI is InChI=1S/C9H14N3O/c10-12-4-2-1-3-9(12)11-5-7-13-8-6-11/h1-4H,5-8,10H2/q+1. The zero-order valence-electron chi connectivity index (χ0n) is 7.52. The molecule has 1 fully saturated rings. The Hall–Kier alpha value is -1.29.